The summed E-state index contributed by atoms with van der Waals surface area (Å²) in [5.41, 5.74) is 2.11. The Hall–Kier alpha value is -2.81. The molecule has 2 N–H and O–H groups in total. The van der Waals surface area contributed by atoms with Crippen molar-refractivity contribution in [1.82, 2.24) is 25.4 Å². The van der Waals surface area contributed by atoms with Crippen molar-refractivity contribution in [3.8, 4) is 5.69 Å². The molecule has 1 fully saturated rings. The van der Waals surface area contributed by atoms with Crippen molar-refractivity contribution in [3.63, 3.8) is 0 Å². The number of amides is 3. The summed E-state index contributed by atoms with van der Waals surface area (Å²) < 4.78 is 1.97. The van der Waals surface area contributed by atoms with Crippen LogP contribution in [-0.4, -0.2) is 52.1 Å². The lowest BCUT2D eigenvalue weighted by molar-refractivity contribution is -0.117. The molecule has 1 aromatic carbocycles. The van der Waals surface area contributed by atoms with Crippen LogP contribution in [0.4, 0.5) is 10.7 Å². The highest BCUT2D eigenvalue weighted by Crippen LogP contribution is 2.28. The Balaban J connectivity index is 1.75. The quantitative estimate of drug-likeness (QED) is 0.547. The van der Waals surface area contributed by atoms with Crippen LogP contribution in [0, 0.1) is 6.92 Å². The van der Waals surface area contributed by atoms with Crippen molar-refractivity contribution in [2.75, 3.05) is 30.3 Å². The van der Waals surface area contributed by atoms with Gasteiger partial charge in [0.25, 0.3) is 0 Å². The number of rotatable bonds is 7. The third-order valence-electron chi connectivity index (χ3n) is 4.29. The van der Waals surface area contributed by atoms with Crippen LogP contribution in [0.1, 0.15) is 18.4 Å². The molecule has 3 amide bonds. The van der Waals surface area contributed by atoms with Gasteiger partial charge >= 0.3 is 6.03 Å². The normalized spacial score (nSPS) is 13.4. The Morgan fingerprint density at radius 3 is 2.61 bits per heavy atom. The molecule has 9 heteroatoms. The van der Waals surface area contributed by atoms with Crippen molar-refractivity contribution >= 4 is 29.6 Å². The van der Waals surface area contributed by atoms with E-state index in [2.05, 4.69) is 32.3 Å². The van der Waals surface area contributed by atoms with Crippen LogP contribution in [0.2, 0.25) is 0 Å². The van der Waals surface area contributed by atoms with Gasteiger partial charge in [-0.1, -0.05) is 35.5 Å². The fourth-order valence-electron chi connectivity index (χ4n) is 2.90. The van der Waals surface area contributed by atoms with Crippen molar-refractivity contribution in [2.45, 2.75) is 24.9 Å². The highest BCUT2D eigenvalue weighted by molar-refractivity contribution is 7.99. The number of carbonyl (C=O) groups is 2. The zero-order valence-corrected chi connectivity index (χ0v) is 16.7. The van der Waals surface area contributed by atoms with Gasteiger partial charge in [0.1, 0.15) is 0 Å². The van der Waals surface area contributed by atoms with Crippen LogP contribution >= 0.6 is 11.8 Å². The van der Waals surface area contributed by atoms with Crippen LogP contribution in [-0.2, 0) is 4.79 Å². The summed E-state index contributed by atoms with van der Waals surface area (Å²) in [6.07, 6.45) is 3.81. The minimum Gasteiger partial charge on any atom is -0.341 e. The number of thioether (sulfide) groups is 1. The molecule has 0 spiro atoms. The first-order valence-electron chi connectivity index (χ1n) is 9.17. The van der Waals surface area contributed by atoms with E-state index in [-0.39, 0.29) is 5.75 Å². The second kappa shape index (κ2) is 9.41. The third kappa shape index (κ3) is 4.92. The van der Waals surface area contributed by atoms with Crippen molar-refractivity contribution in [2.24, 2.45) is 0 Å². The lowest BCUT2D eigenvalue weighted by Crippen LogP contribution is -2.40. The Morgan fingerprint density at radius 2 is 1.93 bits per heavy atom. The van der Waals surface area contributed by atoms with Crippen LogP contribution in [0.3, 0.4) is 0 Å². The maximum atomic E-state index is 12.1. The summed E-state index contributed by atoms with van der Waals surface area (Å²) in [4.78, 5) is 25.8. The van der Waals surface area contributed by atoms with Crippen LogP contribution in [0.25, 0.3) is 5.69 Å². The van der Waals surface area contributed by atoms with Crippen molar-refractivity contribution < 1.29 is 9.59 Å². The molecule has 28 heavy (non-hydrogen) atoms. The van der Waals surface area contributed by atoms with E-state index in [1.807, 2.05) is 35.8 Å². The number of benzene rings is 1. The molecule has 0 atom stereocenters. The van der Waals surface area contributed by atoms with Gasteiger partial charge < -0.3 is 10.2 Å². The summed E-state index contributed by atoms with van der Waals surface area (Å²) in [6, 6.07) is 7.57. The molecule has 3 rings (SSSR count). The summed E-state index contributed by atoms with van der Waals surface area (Å²) in [5.74, 6) is 0.451. The van der Waals surface area contributed by atoms with E-state index >= 15 is 0 Å². The number of imide groups is 1. The molecule has 0 unspecified atom stereocenters. The Labute approximate surface area is 168 Å². The first-order chi connectivity index (χ1) is 13.6. The number of urea groups is 1. The molecule has 0 aliphatic carbocycles. The minimum absolute atomic E-state index is 0.0610. The number of hydrogen-bond donors (Lipinski definition) is 2. The van der Waals surface area contributed by atoms with Crippen LogP contribution in [0.15, 0.2) is 42.1 Å². The second-order valence-electron chi connectivity index (χ2n) is 6.48. The van der Waals surface area contributed by atoms with E-state index in [0.29, 0.717) is 11.7 Å². The maximum absolute atomic E-state index is 12.1. The molecule has 1 aromatic heterocycles. The number of hydrogen-bond acceptors (Lipinski definition) is 6. The van der Waals surface area contributed by atoms with E-state index < -0.39 is 11.9 Å². The predicted octanol–water partition coefficient (Wildman–Crippen LogP) is 2.28. The predicted molar refractivity (Wildman–Crippen MR) is 110 cm³/mol. The van der Waals surface area contributed by atoms with Crippen LogP contribution in [0.5, 0.6) is 0 Å². The summed E-state index contributed by atoms with van der Waals surface area (Å²) in [5, 5.41) is 14.1. The second-order valence-corrected chi connectivity index (χ2v) is 7.43. The minimum atomic E-state index is -0.539. The van der Waals surface area contributed by atoms with Gasteiger partial charge in [-0.2, -0.15) is 0 Å². The van der Waals surface area contributed by atoms with Gasteiger partial charge in [-0.3, -0.25) is 14.7 Å². The standard InChI is InChI=1S/C19H24N6O2S/c1-3-10-20-17(27)21-16(26)13-28-19-23-22-18(24-11-4-5-12-24)25(19)15-8-6-14(2)7-9-15/h3,6-9H,1,4-5,10-13H2,2H3,(H2,20,21,26,27). The number of nitrogens with one attached hydrogen (secondary N) is 2. The van der Waals surface area contributed by atoms with Crippen molar-refractivity contribution in [3.05, 3.63) is 42.5 Å². The van der Waals surface area contributed by atoms with Gasteiger partial charge in [-0.15, -0.1) is 16.8 Å². The first-order valence-corrected chi connectivity index (χ1v) is 10.2. The Bertz CT molecular complexity index is 843. The number of aryl methyl sites for hydroxylation is 1. The Morgan fingerprint density at radius 1 is 1.21 bits per heavy atom. The smallest absolute Gasteiger partial charge is 0.321 e. The molecule has 0 saturated carbocycles. The molecule has 0 radical (unpaired) electrons. The fraction of sp³-hybridized carbons (Fsp3) is 0.368. The van der Waals surface area contributed by atoms with E-state index in [0.717, 1.165) is 37.6 Å². The highest BCUT2D eigenvalue weighted by Gasteiger charge is 2.23. The van der Waals surface area contributed by atoms with E-state index in [4.69, 9.17) is 0 Å². The number of anilines is 1. The first kappa shape index (κ1) is 19.9. The largest absolute Gasteiger partial charge is 0.341 e. The summed E-state index contributed by atoms with van der Waals surface area (Å²) in [6.45, 7) is 7.73. The molecular formula is C19H24N6O2S. The molecular weight excluding hydrogens is 376 g/mol. The third-order valence-corrected chi connectivity index (χ3v) is 5.22. The molecule has 1 aliphatic rings. The zero-order chi connectivity index (χ0) is 19.9. The average molecular weight is 401 g/mol. The molecule has 0 bridgehead atoms. The van der Waals surface area contributed by atoms with Crippen molar-refractivity contribution in [1.29, 1.82) is 0 Å². The average Bonchev–Trinajstić information content (AvgIpc) is 3.35. The zero-order valence-electron chi connectivity index (χ0n) is 15.9. The monoisotopic (exact) mass is 400 g/mol. The van der Waals surface area contributed by atoms with Gasteiger partial charge in [0.2, 0.25) is 11.9 Å². The number of aromatic nitrogens is 3. The van der Waals surface area contributed by atoms with E-state index in [1.54, 1.807) is 6.08 Å². The van der Waals surface area contributed by atoms with Gasteiger partial charge in [-0.25, -0.2) is 4.79 Å². The SMILES string of the molecule is C=CCNC(=O)NC(=O)CSc1nnc(N2CCCC2)n1-c1ccc(C)cc1. The number of carbonyl (C=O) groups excluding carboxylic acids is 2. The molecule has 8 nitrogen and oxygen atoms in total. The lowest BCUT2D eigenvalue weighted by Gasteiger charge is -2.18. The highest BCUT2D eigenvalue weighted by atomic mass is 32.2. The molecule has 2 aromatic rings. The molecule has 1 saturated heterocycles. The van der Waals surface area contributed by atoms with Gasteiger partial charge in [-0.05, 0) is 31.9 Å². The van der Waals surface area contributed by atoms with Crippen LogP contribution < -0.4 is 15.5 Å². The number of nitrogens with zero attached hydrogens (tertiary/aromatic N) is 4. The van der Waals surface area contributed by atoms with Gasteiger partial charge in [0.05, 0.1) is 11.4 Å². The summed E-state index contributed by atoms with van der Waals surface area (Å²) in [7, 11) is 0. The topological polar surface area (TPSA) is 92.2 Å². The van der Waals surface area contributed by atoms with E-state index in [9.17, 15) is 9.59 Å². The molecule has 2 heterocycles. The Kier molecular flexibility index (Phi) is 6.70. The maximum Gasteiger partial charge on any atom is 0.321 e. The van der Waals surface area contributed by atoms with Gasteiger partial charge in [0.15, 0.2) is 5.16 Å². The summed E-state index contributed by atoms with van der Waals surface area (Å²) >= 11 is 1.25. The molecule has 1 aliphatic heterocycles. The fourth-order valence-corrected chi connectivity index (χ4v) is 3.65. The van der Waals surface area contributed by atoms with Gasteiger partial charge in [0, 0.05) is 19.6 Å². The molecule has 148 valence electrons. The van der Waals surface area contributed by atoms with E-state index in [1.165, 1.54) is 17.3 Å². The lowest BCUT2D eigenvalue weighted by atomic mass is 10.2.